The van der Waals surface area contributed by atoms with Crippen molar-refractivity contribution in [1.82, 2.24) is 0 Å². The third-order valence-corrected chi connectivity index (χ3v) is 4.49. The van der Waals surface area contributed by atoms with Crippen molar-refractivity contribution < 1.29 is 14.6 Å². The van der Waals surface area contributed by atoms with Crippen molar-refractivity contribution in [1.29, 1.82) is 0 Å². The molecule has 1 aliphatic heterocycles. The molecule has 3 aromatic rings. The summed E-state index contributed by atoms with van der Waals surface area (Å²) in [5, 5.41) is 13.0. The number of benzene rings is 3. The van der Waals surface area contributed by atoms with Gasteiger partial charge in [0.05, 0.1) is 12.7 Å². The molecule has 0 saturated carbocycles. The minimum absolute atomic E-state index is 0.0809. The first kappa shape index (κ1) is 16.0. The summed E-state index contributed by atoms with van der Waals surface area (Å²) in [4.78, 5) is 14.9. The van der Waals surface area contributed by atoms with Crippen LogP contribution in [0.4, 0.5) is 11.4 Å². The van der Waals surface area contributed by atoms with Crippen LogP contribution in [0.2, 0.25) is 0 Å². The lowest BCUT2D eigenvalue weighted by molar-refractivity contribution is 0.0975. The third kappa shape index (κ3) is 2.73. The second kappa shape index (κ2) is 6.44. The van der Waals surface area contributed by atoms with Crippen LogP contribution >= 0.6 is 0 Å². The predicted octanol–water partition coefficient (Wildman–Crippen LogP) is 4.17. The molecule has 1 amide bonds. The van der Waals surface area contributed by atoms with E-state index in [4.69, 9.17) is 4.74 Å². The summed E-state index contributed by atoms with van der Waals surface area (Å²) in [5.41, 5.74) is 3.05. The van der Waals surface area contributed by atoms with Crippen LogP contribution in [0, 0.1) is 0 Å². The summed E-state index contributed by atoms with van der Waals surface area (Å²) in [6.07, 6.45) is -0.383. The molecule has 2 N–H and O–H groups in total. The number of nitrogens with one attached hydrogen (secondary N) is 1. The van der Waals surface area contributed by atoms with E-state index < -0.39 is 0 Å². The SMILES string of the molecule is COc1ccc(N2C(=O)c3ccccc3N[C@@H]2c2ccc(O)cc2)cc1. The number of carbonyl (C=O) groups is 1. The Morgan fingerprint density at radius 2 is 1.65 bits per heavy atom. The van der Waals surface area contributed by atoms with Crippen molar-refractivity contribution in [3.8, 4) is 11.5 Å². The highest BCUT2D eigenvalue weighted by Gasteiger charge is 2.33. The van der Waals surface area contributed by atoms with Crippen molar-refractivity contribution >= 4 is 17.3 Å². The molecule has 0 aliphatic carbocycles. The van der Waals surface area contributed by atoms with Crippen molar-refractivity contribution in [2.75, 3.05) is 17.3 Å². The van der Waals surface area contributed by atoms with E-state index in [1.807, 2.05) is 60.7 Å². The number of para-hydroxylation sites is 1. The second-order valence-electron chi connectivity index (χ2n) is 6.06. The van der Waals surface area contributed by atoms with Gasteiger partial charge in [-0.15, -0.1) is 0 Å². The molecule has 26 heavy (non-hydrogen) atoms. The number of phenolic OH excluding ortho intramolecular Hbond substituents is 1. The van der Waals surface area contributed by atoms with Gasteiger partial charge in [-0.25, -0.2) is 0 Å². The van der Waals surface area contributed by atoms with E-state index in [1.165, 1.54) is 0 Å². The fraction of sp³-hybridized carbons (Fsp3) is 0.0952. The molecule has 0 aromatic heterocycles. The van der Waals surface area contributed by atoms with Gasteiger partial charge in [-0.3, -0.25) is 9.69 Å². The molecular formula is C21H18N2O3. The topological polar surface area (TPSA) is 61.8 Å². The average Bonchev–Trinajstić information content (AvgIpc) is 2.69. The Morgan fingerprint density at radius 3 is 2.35 bits per heavy atom. The van der Waals surface area contributed by atoms with Crippen LogP contribution in [0.1, 0.15) is 22.1 Å². The van der Waals surface area contributed by atoms with Crippen LogP contribution in [-0.2, 0) is 0 Å². The number of amides is 1. The van der Waals surface area contributed by atoms with Gasteiger partial charge in [0.1, 0.15) is 17.7 Å². The molecule has 130 valence electrons. The minimum atomic E-state index is -0.383. The zero-order chi connectivity index (χ0) is 18.1. The number of hydrogen-bond acceptors (Lipinski definition) is 4. The Bertz CT molecular complexity index is 936. The smallest absolute Gasteiger partial charge is 0.262 e. The van der Waals surface area contributed by atoms with Crippen LogP contribution in [0.15, 0.2) is 72.8 Å². The highest BCUT2D eigenvalue weighted by atomic mass is 16.5. The number of nitrogens with zero attached hydrogens (tertiary/aromatic N) is 1. The number of rotatable bonds is 3. The minimum Gasteiger partial charge on any atom is -0.508 e. The largest absolute Gasteiger partial charge is 0.508 e. The van der Waals surface area contributed by atoms with Gasteiger partial charge in [-0.1, -0.05) is 24.3 Å². The summed E-state index contributed by atoms with van der Waals surface area (Å²) >= 11 is 0. The monoisotopic (exact) mass is 346 g/mol. The molecule has 5 heteroatoms. The van der Waals surface area contributed by atoms with E-state index in [0.717, 1.165) is 22.7 Å². The van der Waals surface area contributed by atoms with E-state index in [0.29, 0.717) is 5.56 Å². The van der Waals surface area contributed by atoms with Crippen LogP contribution in [-0.4, -0.2) is 18.1 Å². The Kier molecular flexibility index (Phi) is 3.97. The van der Waals surface area contributed by atoms with Crippen LogP contribution in [0.5, 0.6) is 11.5 Å². The number of hydrogen-bond donors (Lipinski definition) is 2. The average molecular weight is 346 g/mol. The van der Waals surface area contributed by atoms with E-state index in [1.54, 1.807) is 24.1 Å². The van der Waals surface area contributed by atoms with Crippen LogP contribution < -0.4 is 15.0 Å². The van der Waals surface area contributed by atoms with Gasteiger partial charge in [-0.05, 0) is 54.1 Å². The van der Waals surface area contributed by atoms with Gasteiger partial charge in [-0.2, -0.15) is 0 Å². The summed E-state index contributed by atoms with van der Waals surface area (Å²) in [5.74, 6) is 0.836. The number of ether oxygens (including phenoxy) is 1. The zero-order valence-electron chi connectivity index (χ0n) is 14.2. The summed E-state index contributed by atoms with van der Waals surface area (Å²) in [6.45, 7) is 0. The van der Waals surface area contributed by atoms with E-state index in [2.05, 4.69) is 5.32 Å². The second-order valence-corrected chi connectivity index (χ2v) is 6.06. The summed E-state index contributed by atoms with van der Waals surface area (Å²) in [6, 6.07) is 21.7. The number of fused-ring (bicyclic) bond motifs is 1. The first-order valence-corrected chi connectivity index (χ1v) is 8.29. The third-order valence-electron chi connectivity index (χ3n) is 4.49. The number of anilines is 2. The highest BCUT2D eigenvalue weighted by molar-refractivity contribution is 6.12. The van der Waals surface area contributed by atoms with Gasteiger partial charge in [0.2, 0.25) is 0 Å². The first-order valence-electron chi connectivity index (χ1n) is 8.29. The van der Waals surface area contributed by atoms with Gasteiger partial charge in [0, 0.05) is 11.4 Å². The molecule has 4 rings (SSSR count). The highest BCUT2D eigenvalue weighted by Crippen LogP contribution is 2.37. The van der Waals surface area contributed by atoms with Crippen molar-refractivity contribution in [2.24, 2.45) is 0 Å². The Balaban J connectivity index is 1.82. The lowest BCUT2D eigenvalue weighted by Crippen LogP contribution is -2.43. The number of aromatic hydroxyl groups is 1. The summed E-state index contributed by atoms with van der Waals surface area (Å²) < 4.78 is 5.22. The lowest BCUT2D eigenvalue weighted by Gasteiger charge is -2.38. The number of phenols is 1. The van der Waals surface area contributed by atoms with Gasteiger partial charge in [0.25, 0.3) is 5.91 Å². The van der Waals surface area contributed by atoms with Crippen LogP contribution in [0.3, 0.4) is 0 Å². The molecule has 1 heterocycles. The standard InChI is InChI=1S/C21H18N2O3/c1-26-17-12-8-15(9-13-17)23-20(14-6-10-16(24)11-7-14)22-19-5-3-2-4-18(19)21(23)25/h2-13,20,22,24H,1H3/t20-/m0/s1. The Labute approximate surface area is 151 Å². The molecular weight excluding hydrogens is 328 g/mol. The maximum Gasteiger partial charge on any atom is 0.262 e. The molecule has 0 fully saturated rings. The molecule has 1 aliphatic rings. The Hall–Kier alpha value is -3.47. The summed E-state index contributed by atoms with van der Waals surface area (Å²) in [7, 11) is 1.61. The van der Waals surface area contributed by atoms with Crippen molar-refractivity contribution in [3.05, 3.63) is 83.9 Å². The Morgan fingerprint density at radius 1 is 0.962 bits per heavy atom. The van der Waals surface area contributed by atoms with E-state index >= 15 is 0 Å². The maximum atomic E-state index is 13.2. The fourth-order valence-electron chi connectivity index (χ4n) is 3.15. The molecule has 0 radical (unpaired) electrons. The van der Waals surface area contributed by atoms with Gasteiger partial charge < -0.3 is 15.2 Å². The molecule has 0 saturated heterocycles. The molecule has 3 aromatic carbocycles. The molecule has 5 nitrogen and oxygen atoms in total. The van der Waals surface area contributed by atoms with Crippen molar-refractivity contribution in [3.63, 3.8) is 0 Å². The van der Waals surface area contributed by atoms with E-state index in [9.17, 15) is 9.90 Å². The maximum absolute atomic E-state index is 13.2. The fourth-order valence-corrected chi connectivity index (χ4v) is 3.15. The van der Waals surface area contributed by atoms with E-state index in [-0.39, 0.29) is 17.8 Å². The normalized spacial score (nSPS) is 16.0. The van der Waals surface area contributed by atoms with Crippen molar-refractivity contribution in [2.45, 2.75) is 6.17 Å². The number of carbonyl (C=O) groups excluding carboxylic acids is 1. The van der Waals surface area contributed by atoms with Crippen LogP contribution in [0.25, 0.3) is 0 Å². The molecule has 0 bridgehead atoms. The first-order chi connectivity index (χ1) is 12.7. The predicted molar refractivity (Wildman–Crippen MR) is 101 cm³/mol. The molecule has 0 spiro atoms. The molecule has 1 atom stereocenters. The zero-order valence-corrected chi connectivity index (χ0v) is 14.2. The number of methoxy groups -OCH3 is 1. The lowest BCUT2D eigenvalue weighted by atomic mass is 10.0. The quantitative estimate of drug-likeness (QED) is 0.747. The van der Waals surface area contributed by atoms with Gasteiger partial charge in [0.15, 0.2) is 0 Å². The van der Waals surface area contributed by atoms with Gasteiger partial charge >= 0.3 is 0 Å². The molecule has 0 unspecified atom stereocenters.